The molecule has 0 amide bonds. The highest BCUT2D eigenvalue weighted by atomic mass is 16.6. The van der Waals surface area contributed by atoms with Crippen molar-refractivity contribution in [2.24, 2.45) is 0 Å². The molecule has 144 valence electrons. The second-order valence-electron chi connectivity index (χ2n) is 5.28. The lowest BCUT2D eigenvalue weighted by molar-refractivity contribution is -0.198. The summed E-state index contributed by atoms with van der Waals surface area (Å²) in [7, 11) is 1.32. The van der Waals surface area contributed by atoms with Crippen LogP contribution in [-0.2, 0) is 42.9 Å². The first-order valence-electron chi connectivity index (χ1n) is 7.80. The van der Waals surface area contributed by atoms with Gasteiger partial charge in [-0.3, -0.25) is 19.2 Å². The lowest BCUT2D eigenvalue weighted by Gasteiger charge is -2.34. The van der Waals surface area contributed by atoms with E-state index >= 15 is 0 Å². The molecule has 0 N–H and O–H groups in total. The van der Waals surface area contributed by atoms with Gasteiger partial charge in [0.2, 0.25) is 0 Å². The first kappa shape index (κ1) is 22.8. The van der Waals surface area contributed by atoms with E-state index in [1.54, 1.807) is 6.92 Å². The molecule has 3 unspecified atom stereocenters. The van der Waals surface area contributed by atoms with Gasteiger partial charge in [-0.25, -0.2) is 0 Å². The molecule has 0 aliphatic heterocycles. The van der Waals surface area contributed by atoms with E-state index in [1.807, 2.05) is 0 Å². The van der Waals surface area contributed by atoms with Crippen LogP contribution in [0.1, 0.15) is 41.0 Å². The number of esters is 4. The average Bonchev–Trinajstić information content (AvgIpc) is 2.49. The molecule has 0 aromatic rings. The Morgan fingerprint density at radius 3 is 1.48 bits per heavy atom. The SMILES string of the molecule is CC[C@@H](OC(C)=O)C(OC(C)=O)C(OC(C)=O)C(COC(C)=O)OC. The summed E-state index contributed by atoms with van der Waals surface area (Å²) in [5.41, 5.74) is 0. The second kappa shape index (κ2) is 11.4. The summed E-state index contributed by atoms with van der Waals surface area (Å²) in [4.78, 5) is 45.4. The van der Waals surface area contributed by atoms with Crippen molar-refractivity contribution < 1.29 is 42.9 Å². The van der Waals surface area contributed by atoms with Gasteiger partial charge in [-0.2, -0.15) is 0 Å². The van der Waals surface area contributed by atoms with Crippen molar-refractivity contribution in [3.05, 3.63) is 0 Å². The summed E-state index contributed by atoms with van der Waals surface area (Å²) in [6.07, 6.45) is -3.78. The van der Waals surface area contributed by atoms with E-state index in [0.29, 0.717) is 6.42 Å². The van der Waals surface area contributed by atoms with Crippen molar-refractivity contribution in [2.75, 3.05) is 13.7 Å². The highest BCUT2D eigenvalue weighted by Crippen LogP contribution is 2.21. The summed E-state index contributed by atoms with van der Waals surface area (Å²) in [6.45, 7) is 6.24. The molecule has 0 rings (SSSR count). The highest BCUT2D eigenvalue weighted by Gasteiger charge is 2.41. The van der Waals surface area contributed by atoms with Gasteiger partial charge in [-0.15, -0.1) is 0 Å². The Balaban J connectivity index is 5.69. The van der Waals surface area contributed by atoms with Crippen molar-refractivity contribution in [1.29, 1.82) is 0 Å². The fraction of sp³-hybridized carbons (Fsp3) is 0.750. The van der Waals surface area contributed by atoms with Crippen LogP contribution in [0.5, 0.6) is 0 Å². The van der Waals surface area contributed by atoms with Gasteiger partial charge in [0.1, 0.15) is 18.8 Å². The first-order chi connectivity index (χ1) is 11.6. The molecule has 0 bridgehead atoms. The maximum absolute atomic E-state index is 11.5. The van der Waals surface area contributed by atoms with Crippen molar-refractivity contribution in [2.45, 2.75) is 65.5 Å². The third-order valence-electron chi connectivity index (χ3n) is 3.13. The average molecular weight is 362 g/mol. The summed E-state index contributed by atoms with van der Waals surface area (Å²) in [6, 6.07) is 0. The van der Waals surface area contributed by atoms with E-state index < -0.39 is 48.3 Å². The standard InChI is InChI=1S/C16H26O9/c1-7-13(23-10(3)18)15(24-11(4)19)16(25-12(5)20)14(21-6)8-22-9(2)17/h13-16H,7-8H2,1-6H3/t13-,14?,15?,16?/m1/s1. The van der Waals surface area contributed by atoms with Crippen LogP contribution in [0.25, 0.3) is 0 Å². The molecule has 0 aromatic heterocycles. The number of rotatable bonds is 10. The molecule has 4 atom stereocenters. The topological polar surface area (TPSA) is 114 Å². The Kier molecular flexibility index (Phi) is 10.4. The van der Waals surface area contributed by atoms with Crippen molar-refractivity contribution in [1.82, 2.24) is 0 Å². The van der Waals surface area contributed by atoms with E-state index in [2.05, 4.69) is 0 Å². The Labute approximate surface area is 146 Å². The van der Waals surface area contributed by atoms with Gasteiger partial charge in [-0.05, 0) is 6.42 Å². The van der Waals surface area contributed by atoms with Crippen LogP contribution in [0.2, 0.25) is 0 Å². The van der Waals surface area contributed by atoms with Crippen molar-refractivity contribution in [3.63, 3.8) is 0 Å². The van der Waals surface area contributed by atoms with Crippen LogP contribution in [0.3, 0.4) is 0 Å². The monoisotopic (exact) mass is 362 g/mol. The molecule has 25 heavy (non-hydrogen) atoms. The number of carbonyl (C=O) groups is 4. The number of carbonyl (C=O) groups excluding carboxylic acids is 4. The normalized spacial score (nSPS) is 15.3. The summed E-state index contributed by atoms with van der Waals surface area (Å²) >= 11 is 0. The molecule has 9 nitrogen and oxygen atoms in total. The second-order valence-corrected chi connectivity index (χ2v) is 5.28. The number of hydrogen-bond acceptors (Lipinski definition) is 9. The first-order valence-corrected chi connectivity index (χ1v) is 7.80. The van der Waals surface area contributed by atoms with E-state index in [4.69, 9.17) is 23.7 Å². The van der Waals surface area contributed by atoms with Gasteiger partial charge >= 0.3 is 23.9 Å². The number of hydrogen-bond donors (Lipinski definition) is 0. The molecule has 0 heterocycles. The zero-order chi connectivity index (χ0) is 19.6. The zero-order valence-electron chi connectivity index (χ0n) is 15.4. The maximum Gasteiger partial charge on any atom is 0.303 e. The van der Waals surface area contributed by atoms with Crippen molar-refractivity contribution >= 4 is 23.9 Å². The fourth-order valence-electron chi connectivity index (χ4n) is 2.18. The molecule has 0 radical (unpaired) electrons. The third kappa shape index (κ3) is 9.04. The van der Waals surface area contributed by atoms with Gasteiger partial charge in [-0.1, -0.05) is 6.92 Å². The highest BCUT2D eigenvalue weighted by molar-refractivity contribution is 5.68. The van der Waals surface area contributed by atoms with E-state index in [9.17, 15) is 19.2 Å². The minimum absolute atomic E-state index is 0.238. The third-order valence-corrected chi connectivity index (χ3v) is 3.13. The lowest BCUT2D eigenvalue weighted by atomic mass is 10.0. The smallest absolute Gasteiger partial charge is 0.303 e. The van der Waals surface area contributed by atoms with Gasteiger partial charge in [0, 0.05) is 34.8 Å². The molecule has 0 aliphatic carbocycles. The molecule has 0 fully saturated rings. The summed E-state index contributed by atoms with van der Waals surface area (Å²) in [5, 5.41) is 0. The maximum atomic E-state index is 11.5. The minimum atomic E-state index is -1.14. The van der Waals surface area contributed by atoms with Crippen LogP contribution < -0.4 is 0 Å². The zero-order valence-corrected chi connectivity index (χ0v) is 15.4. The van der Waals surface area contributed by atoms with Crippen LogP contribution in [0, 0.1) is 0 Å². The predicted molar refractivity (Wildman–Crippen MR) is 84.4 cm³/mol. The predicted octanol–water partition coefficient (Wildman–Crippen LogP) is 0.770. The molecule has 0 aliphatic rings. The van der Waals surface area contributed by atoms with Gasteiger partial charge in [0.25, 0.3) is 0 Å². The van der Waals surface area contributed by atoms with Crippen LogP contribution in [-0.4, -0.2) is 62.0 Å². The number of ether oxygens (including phenoxy) is 5. The molecule has 0 saturated heterocycles. The van der Waals surface area contributed by atoms with Crippen LogP contribution >= 0.6 is 0 Å². The largest absolute Gasteiger partial charge is 0.463 e. The van der Waals surface area contributed by atoms with E-state index in [-0.39, 0.29) is 6.61 Å². The van der Waals surface area contributed by atoms with Crippen LogP contribution in [0.15, 0.2) is 0 Å². The molecule has 0 saturated carbocycles. The van der Waals surface area contributed by atoms with Gasteiger partial charge in [0.15, 0.2) is 12.2 Å². The Hall–Kier alpha value is -2.16. The Morgan fingerprint density at radius 2 is 1.16 bits per heavy atom. The summed E-state index contributed by atoms with van der Waals surface area (Å²) in [5.74, 6) is -2.46. The lowest BCUT2D eigenvalue weighted by Crippen LogP contribution is -2.52. The Bertz CT molecular complexity index is 474. The molecular formula is C16H26O9. The van der Waals surface area contributed by atoms with E-state index in [1.165, 1.54) is 34.8 Å². The van der Waals surface area contributed by atoms with Crippen LogP contribution in [0.4, 0.5) is 0 Å². The van der Waals surface area contributed by atoms with Gasteiger partial charge in [0.05, 0.1) is 0 Å². The minimum Gasteiger partial charge on any atom is -0.463 e. The fourth-order valence-corrected chi connectivity index (χ4v) is 2.18. The molecule has 0 aromatic carbocycles. The number of methoxy groups -OCH3 is 1. The van der Waals surface area contributed by atoms with Crippen molar-refractivity contribution in [3.8, 4) is 0 Å². The Morgan fingerprint density at radius 1 is 0.720 bits per heavy atom. The molecule has 0 spiro atoms. The quantitative estimate of drug-likeness (QED) is 0.410. The van der Waals surface area contributed by atoms with Gasteiger partial charge < -0.3 is 23.7 Å². The molecule has 9 heteroatoms. The van der Waals surface area contributed by atoms with E-state index in [0.717, 1.165) is 0 Å². The molecular weight excluding hydrogens is 336 g/mol. The summed E-state index contributed by atoms with van der Waals surface area (Å²) < 4.78 is 25.8.